The van der Waals surface area contributed by atoms with Crippen molar-refractivity contribution in [1.82, 2.24) is 0 Å². The van der Waals surface area contributed by atoms with Gasteiger partial charge in [-0.05, 0) is 32.9 Å². The van der Waals surface area contributed by atoms with Gasteiger partial charge in [0.15, 0.2) is 0 Å². The Balaban J connectivity index is 2.97. The predicted molar refractivity (Wildman–Crippen MR) is 56.0 cm³/mol. The van der Waals surface area contributed by atoms with Crippen molar-refractivity contribution in [2.45, 2.75) is 26.4 Å². The summed E-state index contributed by atoms with van der Waals surface area (Å²) >= 11 is 0. The van der Waals surface area contributed by atoms with Crippen molar-refractivity contribution in [3.05, 3.63) is 29.6 Å². The van der Waals surface area contributed by atoms with Gasteiger partial charge in [0.1, 0.15) is 11.4 Å². The highest BCUT2D eigenvalue weighted by Gasteiger charge is 2.20. The summed E-state index contributed by atoms with van der Waals surface area (Å²) in [4.78, 5) is 11.6. The molecule has 15 heavy (non-hydrogen) atoms. The van der Waals surface area contributed by atoms with Gasteiger partial charge in [-0.2, -0.15) is 0 Å². The van der Waals surface area contributed by atoms with E-state index in [1.165, 1.54) is 18.2 Å². The Bertz CT molecular complexity index is 383. The highest BCUT2D eigenvalue weighted by Crippen LogP contribution is 2.19. The van der Waals surface area contributed by atoms with Gasteiger partial charge in [-0.3, -0.25) is 0 Å². The molecule has 2 N–H and O–H groups in total. The van der Waals surface area contributed by atoms with Crippen LogP contribution in [0.25, 0.3) is 0 Å². The lowest BCUT2D eigenvalue weighted by molar-refractivity contribution is 0.00704. The van der Waals surface area contributed by atoms with Crippen LogP contribution in [-0.2, 0) is 4.74 Å². The number of carbonyl (C=O) groups excluding carboxylic acids is 1. The fourth-order valence-corrected chi connectivity index (χ4v) is 1.05. The summed E-state index contributed by atoms with van der Waals surface area (Å²) < 4.78 is 18.1. The van der Waals surface area contributed by atoms with Crippen molar-refractivity contribution in [1.29, 1.82) is 0 Å². The molecular formula is C11H14FNO2. The standard InChI is InChI=1S/C11H14FNO2/c1-11(2,3)15-10(14)7-5-4-6-8(12)9(7)13/h4-6H,13H2,1-3H3. The molecule has 0 spiro atoms. The minimum atomic E-state index is -0.615. The van der Waals surface area contributed by atoms with Crippen LogP contribution in [0.4, 0.5) is 10.1 Å². The summed E-state index contributed by atoms with van der Waals surface area (Å²) in [6.45, 7) is 5.21. The van der Waals surface area contributed by atoms with Gasteiger partial charge < -0.3 is 10.5 Å². The number of anilines is 1. The molecule has 0 amide bonds. The first-order valence-electron chi connectivity index (χ1n) is 4.58. The van der Waals surface area contributed by atoms with E-state index in [0.717, 1.165) is 0 Å². The quantitative estimate of drug-likeness (QED) is 0.573. The van der Waals surface area contributed by atoms with Crippen molar-refractivity contribution >= 4 is 11.7 Å². The lowest BCUT2D eigenvalue weighted by Crippen LogP contribution is -2.24. The molecule has 0 atom stereocenters. The molecule has 0 saturated carbocycles. The number of nitrogens with two attached hydrogens (primary N) is 1. The monoisotopic (exact) mass is 211 g/mol. The molecule has 0 heterocycles. The molecule has 82 valence electrons. The number of halogens is 1. The Labute approximate surface area is 88.0 Å². The minimum Gasteiger partial charge on any atom is -0.456 e. The lowest BCUT2D eigenvalue weighted by Gasteiger charge is -2.20. The maximum absolute atomic E-state index is 13.0. The lowest BCUT2D eigenvalue weighted by atomic mass is 10.1. The van der Waals surface area contributed by atoms with Crippen molar-refractivity contribution < 1.29 is 13.9 Å². The van der Waals surface area contributed by atoms with Gasteiger partial charge in [-0.15, -0.1) is 0 Å². The zero-order valence-electron chi connectivity index (χ0n) is 9.00. The van der Waals surface area contributed by atoms with Crippen LogP contribution >= 0.6 is 0 Å². The Morgan fingerprint density at radius 3 is 2.53 bits per heavy atom. The van der Waals surface area contributed by atoms with Crippen LogP contribution < -0.4 is 5.73 Å². The molecule has 3 nitrogen and oxygen atoms in total. The Morgan fingerprint density at radius 1 is 1.40 bits per heavy atom. The highest BCUT2D eigenvalue weighted by molar-refractivity contribution is 5.95. The fraction of sp³-hybridized carbons (Fsp3) is 0.364. The van der Waals surface area contributed by atoms with Crippen molar-refractivity contribution in [2.75, 3.05) is 5.73 Å². The van der Waals surface area contributed by atoms with E-state index in [9.17, 15) is 9.18 Å². The van der Waals surface area contributed by atoms with E-state index in [-0.39, 0.29) is 11.3 Å². The van der Waals surface area contributed by atoms with Gasteiger partial charge in [0.25, 0.3) is 0 Å². The maximum Gasteiger partial charge on any atom is 0.340 e. The van der Waals surface area contributed by atoms with Gasteiger partial charge in [-0.1, -0.05) is 6.07 Å². The molecule has 0 aromatic heterocycles. The second kappa shape index (κ2) is 3.88. The normalized spacial score (nSPS) is 11.2. The molecule has 0 fully saturated rings. The summed E-state index contributed by atoms with van der Waals surface area (Å²) in [6.07, 6.45) is 0. The number of para-hydroxylation sites is 1. The number of rotatable bonds is 1. The average molecular weight is 211 g/mol. The van der Waals surface area contributed by atoms with E-state index in [1.807, 2.05) is 0 Å². The zero-order valence-corrected chi connectivity index (χ0v) is 9.00. The summed E-state index contributed by atoms with van der Waals surface area (Å²) in [5.74, 6) is -1.22. The Kier molecular flexibility index (Phi) is 2.98. The largest absolute Gasteiger partial charge is 0.456 e. The fourth-order valence-electron chi connectivity index (χ4n) is 1.05. The first-order chi connectivity index (χ1) is 6.81. The third kappa shape index (κ3) is 2.94. The molecule has 1 aromatic carbocycles. The van der Waals surface area contributed by atoms with Crippen molar-refractivity contribution in [2.24, 2.45) is 0 Å². The second-order valence-corrected chi connectivity index (χ2v) is 4.20. The number of hydrogen-bond acceptors (Lipinski definition) is 3. The van der Waals surface area contributed by atoms with E-state index in [1.54, 1.807) is 20.8 Å². The topological polar surface area (TPSA) is 52.3 Å². The van der Waals surface area contributed by atoms with Gasteiger partial charge in [-0.25, -0.2) is 9.18 Å². The van der Waals surface area contributed by atoms with E-state index >= 15 is 0 Å². The molecule has 1 rings (SSSR count). The van der Waals surface area contributed by atoms with Crippen LogP contribution in [0.3, 0.4) is 0 Å². The Morgan fingerprint density at radius 2 is 2.00 bits per heavy atom. The third-order valence-corrected chi connectivity index (χ3v) is 1.67. The summed E-state index contributed by atoms with van der Waals surface area (Å²) in [5, 5.41) is 0. The number of nitrogen functional groups attached to an aromatic ring is 1. The van der Waals surface area contributed by atoms with E-state index in [4.69, 9.17) is 10.5 Å². The second-order valence-electron chi connectivity index (χ2n) is 4.20. The number of hydrogen-bond donors (Lipinski definition) is 1. The number of ether oxygens (including phenoxy) is 1. The number of carbonyl (C=O) groups is 1. The van der Waals surface area contributed by atoms with Crippen molar-refractivity contribution in [3.8, 4) is 0 Å². The molecule has 0 unspecified atom stereocenters. The summed E-state index contributed by atoms with van der Waals surface area (Å²) in [7, 11) is 0. The molecule has 4 heteroatoms. The van der Waals surface area contributed by atoms with Crippen LogP contribution in [-0.4, -0.2) is 11.6 Å². The summed E-state index contributed by atoms with van der Waals surface area (Å²) in [6, 6.07) is 4.06. The molecule has 0 bridgehead atoms. The third-order valence-electron chi connectivity index (χ3n) is 1.67. The first kappa shape index (κ1) is 11.5. The van der Waals surface area contributed by atoms with Crippen LogP contribution in [0.15, 0.2) is 18.2 Å². The number of benzene rings is 1. The molecule has 0 radical (unpaired) electrons. The zero-order chi connectivity index (χ0) is 11.6. The SMILES string of the molecule is CC(C)(C)OC(=O)c1cccc(F)c1N. The maximum atomic E-state index is 13.0. The van der Waals surface area contributed by atoms with Gasteiger partial charge in [0, 0.05) is 0 Å². The van der Waals surface area contributed by atoms with Gasteiger partial charge in [0.2, 0.25) is 0 Å². The highest BCUT2D eigenvalue weighted by atomic mass is 19.1. The van der Waals surface area contributed by atoms with E-state index < -0.39 is 17.4 Å². The van der Waals surface area contributed by atoms with E-state index in [0.29, 0.717) is 0 Å². The van der Waals surface area contributed by atoms with E-state index in [2.05, 4.69) is 0 Å². The van der Waals surface area contributed by atoms with Crippen LogP contribution in [0.2, 0.25) is 0 Å². The van der Waals surface area contributed by atoms with Crippen molar-refractivity contribution in [3.63, 3.8) is 0 Å². The summed E-state index contributed by atoms with van der Waals surface area (Å²) in [5.41, 5.74) is 4.70. The first-order valence-corrected chi connectivity index (χ1v) is 4.58. The molecule has 0 aliphatic rings. The molecule has 0 aliphatic carbocycles. The predicted octanol–water partition coefficient (Wildman–Crippen LogP) is 2.36. The number of esters is 1. The van der Waals surface area contributed by atoms with Crippen LogP contribution in [0.5, 0.6) is 0 Å². The van der Waals surface area contributed by atoms with Gasteiger partial charge in [0.05, 0.1) is 11.3 Å². The van der Waals surface area contributed by atoms with Crippen LogP contribution in [0, 0.1) is 5.82 Å². The van der Waals surface area contributed by atoms with Crippen LogP contribution in [0.1, 0.15) is 31.1 Å². The van der Waals surface area contributed by atoms with Gasteiger partial charge >= 0.3 is 5.97 Å². The Hall–Kier alpha value is -1.58. The smallest absolute Gasteiger partial charge is 0.340 e. The molecule has 0 aliphatic heterocycles. The molecule has 0 saturated heterocycles. The minimum absolute atomic E-state index is 0.0601. The molecule has 1 aromatic rings. The average Bonchev–Trinajstić information content (AvgIpc) is 2.06. The molecular weight excluding hydrogens is 197 g/mol.